The number of ether oxygens (including phenoxy) is 1. The summed E-state index contributed by atoms with van der Waals surface area (Å²) in [6.45, 7) is 5.98. The number of phenolic OH excluding ortho intramolecular Hbond substituents is 1. The monoisotopic (exact) mass is 266 g/mol. The summed E-state index contributed by atoms with van der Waals surface area (Å²) in [4.78, 5) is 4.14. The van der Waals surface area contributed by atoms with E-state index in [4.69, 9.17) is 14.4 Å². The van der Waals surface area contributed by atoms with Crippen molar-refractivity contribution in [2.75, 3.05) is 6.61 Å². The zero-order valence-corrected chi connectivity index (χ0v) is 11.0. The number of aromatic hydroxyl groups is 1. The molecule has 1 aromatic carbocycles. The number of hydrogen-bond donors (Lipinski definition) is 1. The van der Waals surface area contributed by atoms with Gasteiger partial charge < -0.3 is 14.4 Å². The second-order valence-corrected chi connectivity index (χ2v) is 4.53. The first-order valence-electron chi connectivity index (χ1n) is 5.91. The minimum absolute atomic E-state index is 0.0558. The van der Waals surface area contributed by atoms with Crippen molar-refractivity contribution in [1.29, 1.82) is 0 Å². The van der Waals surface area contributed by atoms with Gasteiger partial charge in [-0.1, -0.05) is 5.16 Å². The lowest BCUT2D eigenvalue weighted by Gasteiger charge is -2.19. The van der Waals surface area contributed by atoms with Gasteiger partial charge in [-0.3, -0.25) is 0 Å². The number of aromatic nitrogens is 2. The molecule has 2 rings (SSSR count). The Morgan fingerprint density at radius 3 is 2.79 bits per heavy atom. The van der Waals surface area contributed by atoms with E-state index in [1.165, 1.54) is 12.1 Å². The molecule has 0 aliphatic carbocycles. The number of nitrogens with zero attached hydrogens (tertiary/aromatic N) is 2. The summed E-state index contributed by atoms with van der Waals surface area (Å²) in [6, 6.07) is 3.73. The van der Waals surface area contributed by atoms with Crippen molar-refractivity contribution in [2.24, 2.45) is 0 Å². The van der Waals surface area contributed by atoms with Crippen LogP contribution in [0, 0.1) is 5.82 Å². The van der Waals surface area contributed by atoms with Gasteiger partial charge in [-0.25, -0.2) is 4.39 Å². The Morgan fingerprint density at radius 2 is 2.16 bits per heavy atom. The van der Waals surface area contributed by atoms with Crippen LogP contribution < -0.4 is 0 Å². The first-order valence-corrected chi connectivity index (χ1v) is 5.91. The van der Waals surface area contributed by atoms with Crippen molar-refractivity contribution in [3.8, 4) is 17.2 Å². The molecule has 5 nitrogen and oxygen atoms in total. The van der Waals surface area contributed by atoms with Crippen molar-refractivity contribution < 1.29 is 18.8 Å². The number of hydrogen-bond acceptors (Lipinski definition) is 5. The minimum atomic E-state index is -0.704. The first kappa shape index (κ1) is 13.5. The minimum Gasteiger partial charge on any atom is -0.508 e. The summed E-state index contributed by atoms with van der Waals surface area (Å²) in [6.07, 6.45) is 0. The van der Waals surface area contributed by atoms with Gasteiger partial charge >= 0.3 is 0 Å². The number of halogens is 1. The molecule has 1 N–H and O–H groups in total. The SMILES string of the molecule is CCOC(C)(C)c1noc(-c2ccc(O)cc2F)n1. The van der Waals surface area contributed by atoms with Gasteiger partial charge in [-0.15, -0.1) is 0 Å². The van der Waals surface area contributed by atoms with Crippen molar-refractivity contribution in [1.82, 2.24) is 10.1 Å². The van der Waals surface area contributed by atoms with Crippen LogP contribution in [0.1, 0.15) is 26.6 Å². The molecule has 0 aliphatic heterocycles. The largest absolute Gasteiger partial charge is 0.508 e. The molecule has 102 valence electrons. The van der Waals surface area contributed by atoms with Crippen LogP contribution in [0.15, 0.2) is 22.7 Å². The lowest BCUT2D eigenvalue weighted by Crippen LogP contribution is -2.23. The third-order valence-corrected chi connectivity index (χ3v) is 2.65. The van der Waals surface area contributed by atoms with Crippen LogP contribution in [0.4, 0.5) is 4.39 Å². The Labute approximate surface area is 110 Å². The van der Waals surface area contributed by atoms with E-state index < -0.39 is 11.4 Å². The zero-order valence-electron chi connectivity index (χ0n) is 11.0. The molecular weight excluding hydrogens is 251 g/mol. The van der Waals surface area contributed by atoms with Crippen LogP contribution in [-0.4, -0.2) is 21.9 Å². The lowest BCUT2D eigenvalue weighted by atomic mass is 10.1. The van der Waals surface area contributed by atoms with Gasteiger partial charge in [0.15, 0.2) is 0 Å². The summed E-state index contributed by atoms with van der Waals surface area (Å²) >= 11 is 0. The van der Waals surface area contributed by atoms with Crippen LogP contribution in [-0.2, 0) is 10.3 Å². The molecule has 0 amide bonds. The third-order valence-electron chi connectivity index (χ3n) is 2.65. The van der Waals surface area contributed by atoms with E-state index in [-0.39, 0.29) is 17.2 Å². The third kappa shape index (κ3) is 2.73. The molecule has 0 atom stereocenters. The standard InChI is InChI=1S/C13H15FN2O3/c1-4-18-13(2,3)12-15-11(19-16-12)9-6-5-8(17)7-10(9)14/h5-7,17H,4H2,1-3H3. The van der Waals surface area contributed by atoms with Gasteiger partial charge in [0.05, 0.1) is 5.56 Å². The molecule has 0 saturated carbocycles. The molecule has 0 radical (unpaired) electrons. The van der Waals surface area contributed by atoms with Gasteiger partial charge in [0, 0.05) is 12.7 Å². The molecule has 0 aliphatic rings. The molecule has 0 fully saturated rings. The van der Waals surface area contributed by atoms with Gasteiger partial charge in [-0.2, -0.15) is 4.98 Å². The maximum absolute atomic E-state index is 13.7. The summed E-state index contributed by atoms with van der Waals surface area (Å²) in [5.74, 6) is -0.378. The van der Waals surface area contributed by atoms with Crippen LogP contribution in [0.5, 0.6) is 5.75 Å². The van der Waals surface area contributed by atoms with Crippen molar-refractivity contribution in [3.63, 3.8) is 0 Å². The summed E-state index contributed by atoms with van der Waals surface area (Å²) < 4.78 is 24.2. The van der Waals surface area contributed by atoms with Crippen LogP contribution in [0.3, 0.4) is 0 Å². The van der Waals surface area contributed by atoms with E-state index in [2.05, 4.69) is 10.1 Å². The number of rotatable bonds is 4. The normalized spacial score (nSPS) is 11.8. The fourth-order valence-corrected chi connectivity index (χ4v) is 1.68. The van der Waals surface area contributed by atoms with E-state index in [9.17, 15) is 4.39 Å². The quantitative estimate of drug-likeness (QED) is 0.921. The second-order valence-electron chi connectivity index (χ2n) is 4.53. The predicted molar refractivity (Wildman–Crippen MR) is 66.0 cm³/mol. The fraction of sp³-hybridized carbons (Fsp3) is 0.385. The zero-order chi connectivity index (χ0) is 14.0. The highest BCUT2D eigenvalue weighted by atomic mass is 19.1. The second kappa shape index (κ2) is 4.97. The van der Waals surface area contributed by atoms with Crippen LogP contribution >= 0.6 is 0 Å². The molecule has 2 aromatic rings. The first-order chi connectivity index (χ1) is 8.94. The number of benzene rings is 1. The van der Waals surface area contributed by atoms with Crippen molar-refractivity contribution in [2.45, 2.75) is 26.4 Å². The number of phenols is 1. The molecule has 0 unspecified atom stereocenters. The Balaban J connectivity index is 2.35. The highest BCUT2D eigenvalue weighted by Crippen LogP contribution is 2.28. The van der Waals surface area contributed by atoms with E-state index in [1.54, 1.807) is 13.8 Å². The van der Waals surface area contributed by atoms with Crippen molar-refractivity contribution >= 4 is 0 Å². The maximum atomic E-state index is 13.7. The summed E-state index contributed by atoms with van der Waals surface area (Å²) in [5, 5.41) is 13.0. The van der Waals surface area contributed by atoms with Gasteiger partial charge in [-0.05, 0) is 32.9 Å². The average Bonchev–Trinajstić information content (AvgIpc) is 2.78. The molecule has 0 spiro atoms. The fourth-order valence-electron chi connectivity index (χ4n) is 1.68. The Kier molecular flexibility index (Phi) is 3.53. The van der Waals surface area contributed by atoms with Gasteiger partial charge in [0.25, 0.3) is 5.89 Å². The Hall–Kier alpha value is -1.95. The van der Waals surface area contributed by atoms with Crippen LogP contribution in [0.25, 0.3) is 11.5 Å². The molecule has 1 heterocycles. The molecule has 0 bridgehead atoms. The van der Waals surface area contributed by atoms with E-state index in [1.807, 2.05) is 6.92 Å². The maximum Gasteiger partial charge on any atom is 0.261 e. The highest BCUT2D eigenvalue weighted by Gasteiger charge is 2.28. The van der Waals surface area contributed by atoms with E-state index >= 15 is 0 Å². The van der Waals surface area contributed by atoms with Crippen molar-refractivity contribution in [3.05, 3.63) is 29.8 Å². The molecule has 1 aromatic heterocycles. The molecular formula is C13H15FN2O3. The smallest absolute Gasteiger partial charge is 0.261 e. The Bertz CT molecular complexity index is 581. The molecule has 19 heavy (non-hydrogen) atoms. The topological polar surface area (TPSA) is 68.4 Å². The van der Waals surface area contributed by atoms with Gasteiger partial charge in [0.2, 0.25) is 5.82 Å². The highest BCUT2D eigenvalue weighted by molar-refractivity contribution is 5.55. The Morgan fingerprint density at radius 1 is 1.42 bits per heavy atom. The van der Waals surface area contributed by atoms with E-state index in [0.29, 0.717) is 12.4 Å². The van der Waals surface area contributed by atoms with E-state index in [0.717, 1.165) is 6.07 Å². The summed E-state index contributed by atoms with van der Waals surface area (Å²) in [5.41, 5.74) is -0.562. The van der Waals surface area contributed by atoms with Gasteiger partial charge in [0.1, 0.15) is 17.2 Å². The lowest BCUT2D eigenvalue weighted by molar-refractivity contribution is -0.0221. The average molecular weight is 266 g/mol. The van der Waals surface area contributed by atoms with Crippen LogP contribution in [0.2, 0.25) is 0 Å². The summed E-state index contributed by atoms with van der Waals surface area (Å²) in [7, 11) is 0. The predicted octanol–water partition coefficient (Wildman–Crippen LogP) is 2.85. The molecule has 0 saturated heterocycles. The molecule has 6 heteroatoms.